The molecule has 0 fully saturated rings. The minimum atomic E-state index is -0.477. The number of ether oxygens (including phenoxy) is 2. The normalized spacial score (nSPS) is 10.6. The number of nitrogens with zero attached hydrogens (tertiary/aromatic N) is 1. The lowest BCUT2D eigenvalue weighted by atomic mass is 10.1. The number of esters is 1. The van der Waals surface area contributed by atoms with Crippen LogP contribution in [0.3, 0.4) is 0 Å². The van der Waals surface area contributed by atoms with Crippen molar-refractivity contribution in [3.05, 3.63) is 23.8 Å². The van der Waals surface area contributed by atoms with Gasteiger partial charge in [-0.25, -0.2) is 4.79 Å². The van der Waals surface area contributed by atoms with Gasteiger partial charge in [0.25, 0.3) is 5.91 Å². The summed E-state index contributed by atoms with van der Waals surface area (Å²) in [6.07, 6.45) is 7.03. The number of hydrogen-bond acceptors (Lipinski definition) is 5. The maximum Gasteiger partial charge on any atom is 0.340 e. The first-order valence-electron chi connectivity index (χ1n) is 9.42. The average molecular weight is 364 g/mol. The lowest BCUT2D eigenvalue weighted by Crippen LogP contribution is -2.31. The van der Waals surface area contributed by atoms with E-state index in [1.54, 1.807) is 32.2 Å². The van der Waals surface area contributed by atoms with Crippen molar-refractivity contribution in [3.8, 4) is 0 Å². The Hall–Kier alpha value is -2.08. The molecule has 2 N–H and O–H groups in total. The number of unbranched alkanes of at least 4 members (excludes halogenated alkanes) is 5. The predicted octanol–water partition coefficient (Wildman–Crippen LogP) is 3.79. The Bertz CT molecular complexity index is 575. The van der Waals surface area contributed by atoms with Gasteiger partial charge in [-0.2, -0.15) is 0 Å². The van der Waals surface area contributed by atoms with Crippen LogP contribution in [0.2, 0.25) is 0 Å². The van der Waals surface area contributed by atoms with Crippen LogP contribution in [0.1, 0.15) is 62.7 Å². The Morgan fingerprint density at radius 3 is 2.46 bits per heavy atom. The van der Waals surface area contributed by atoms with Crippen molar-refractivity contribution in [2.24, 2.45) is 0 Å². The van der Waals surface area contributed by atoms with Crippen molar-refractivity contribution in [2.75, 3.05) is 37.5 Å². The molecule has 0 bridgehead atoms. The van der Waals surface area contributed by atoms with Crippen LogP contribution in [0.5, 0.6) is 0 Å². The fourth-order valence-corrected chi connectivity index (χ4v) is 2.58. The number of carbonyl (C=O) groups is 2. The van der Waals surface area contributed by atoms with Crippen molar-refractivity contribution in [1.82, 2.24) is 0 Å². The smallest absolute Gasteiger partial charge is 0.340 e. The molecule has 0 aromatic heterocycles. The summed E-state index contributed by atoms with van der Waals surface area (Å²) in [6, 6.07) is 4.78. The molecule has 1 aromatic carbocycles. The summed E-state index contributed by atoms with van der Waals surface area (Å²) < 4.78 is 10.5. The largest absolute Gasteiger partial charge is 0.462 e. The van der Waals surface area contributed by atoms with E-state index in [4.69, 9.17) is 15.2 Å². The lowest BCUT2D eigenvalue weighted by Gasteiger charge is -2.20. The number of nitrogens with two attached hydrogens (primary N) is 1. The molecule has 0 atom stereocenters. The molecule has 0 saturated carbocycles. The molecule has 6 heteroatoms. The topological polar surface area (TPSA) is 81.9 Å². The second-order valence-corrected chi connectivity index (χ2v) is 6.27. The van der Waals surface area contributed by atoms with Crippen LogP contribution in [-0.4, -0.2) is 38.7 Å². The van der Waals surface area contributed by atoms with Crippen LogP contribution in [0.25, 0.3) is 0 Å². The van der Waals surface area contributed by atoms with Gasteiger partial charge in [-0.05, 0) is 31.5 Å². The molecule has 1 rings (SSSR count). The first-order chi connectivity index (χ1) is 12.5. The summed E-state index contributed by atoms with van der Waals surface area (Å²) in [7, 11) is 1.61. The van der Waals surface area contributed by atoms with Gasteiger partial charge in [0.1, 0.15) is 6.61 Å². The molecule has 0 saturated heterocycles. The maximum absolute atomic E-state index is 12.4. The van der Waals surface area contributed by atoms with Gasteiger partial charge in [-0.15, -0.1) is 0 Å². The number of benzene rings is 1. The molecule has 0 spiro atoms. The van der Waals surface area contributed by atoms with Crippen molar-refractivity contribution in [1.29, 1.82) is 0 Å². The first-order valence-corrected chi connectivity index (χ1v) is 9.42. The number of rotatable bonds is 12. The number of carbonyl (C=O) groups excluding carboxylic acids is 2. The highest BCUT2D eigenvalue weighted by Crippen LogP contribution is 2.24. The first kappa shape index (κ1) is 22.0. The van der Waals surface area contributed by atoms with Crippen LogP contribution >= 0.6 is 0 Å². The van der Waals surface area contributed by atoms with E-state index in [2.05, 4.69) is 6.92 Å². The fourth-order valence-electron chi connectivity index (χ4n) is 2.58. The Morgan fingerprint density at radius 2 is 1.77 bits per heavy atom. The molecule has 0 radical (unpaired) electrons. The van der Waals surface area contributed by atoms with Crippen LogP contribution in [0.4, 0.5) is 11.4 Å². The molecule has 6 nitrogen and oxygen atoms in total. The molecule has 0 heterocycles. The molecular formula is C20H32N2O4. The molecule has 26 heavy (non-hydrogen) atoms. The van der Waals surface area contributed by atoms with Gasteiger partial charge < -0.3 is 20.1 Å². The third-order valence-electron chi connectivity index (χ3n) is 4.12. The van der Waals surface area contributed by atoms with E-state index in [-0.39, 0.29) is 19.1 Å². The monoisotopic (exact) mass is 364 g/mol. The van der Waals surface area contributed by atoms with Gasteiger partial charge in [-0.3, -0.25) is 4.79 Å². The van der Waals surface area contributed by atoms with Crippen LogP contribution < -0.4 is 10.6 Å². The molecule has 0 aliphatic rings. The summed E-state index contributed by atoms with van der Waals surface area (Å²) in [5, 5.41) is 0. The zero-order valence-corrected chi connectivity index (χ0v) is 16.3. The number of amides is 1. The molecular weight excluding hydrogens is 332 g/mol. The molecule has 1 amide bonds. The van der Waals surface area contributed by atoms with E-state index in [9.17, 15) is 9.59 Å². The minimum absolute atomic E-state index is 0.0253. The van der Waals surface area contributed by atoms with Gasteiger partial charge in [0, 0.05) is 19.3 Å². The van der Waals surface area contributed by atoms with Gasteiger partial charge in [0.05, 0.1) is 17.9 Å². The fraction of sp³-hybridized carbons (Fsp3) is 0.600. The van der Waals surface area contributed by atoms with Gasteiger partial charge in [0.15, 0.2) is 0 Å². The average Bonchev–Trinajstić information content (AvgIpc) is 2.63. The van der Waals surface area contributed by atoms with Gasteiger partial charge in [-0.1, -0.05) is 39.0 Å². The second-order valence-electron chi connectivity index (χ2n) is 6.27. The lowest BCUT2D eigenvalue weighted by molar-refractivity contribution is -0.122. The van der Waals surface area contributed by atoms with E-state index in [0.717, 1.165) is 12.8 Å². The third-order valence-corrected chi connectivity index (χ3v) is 4.12. The number of anilines is 2. The van der Waals surface area contributed by atoms with E-state index in [1.807, 2.05) is 0 Å². The second kappa shape index (κ2) is 12.3. The third kappa shape index (κ3) is 7.44. The van der Waals surface area contributed by atoms with E-state index < -0.39 is 5.97 Å². The Balaban J connectivity index is 2.52. The summed E-state index contributed by atoms with van der Waals surface area (Å²) in [5.41, 5.74) is 7.02. The molecule has 0 unspecified atom stereocenters. The highest BCUT2D eigenvalue weighted by molar-refractivity contribution is 6.03. The van der Waals surface area contributed by atoms with Crippen molar-refractivity contribution < 1.29 is 19.1 Å². The molecule has 1 aromatic rings. The zero-order valence-electron chi connectivity index (χ0n) is 16.3. The Kier molecular flexibility index (Phi) is 10.4. The van der Waals surface area contributed by atoms with E-state index in [1.165, 1.54) is 30.6 Å². The summed E-state index contributed by atoms with van der Waals surface area (Å²) in [4.78, 5) is 25.8. The number of likely N-dealkylation sites (N-methyl/N-ethyl adjacent to an activating group) is 1. The number of nitrogen functional groups attached to an aromatic ring is 1. The van der Waals surface area contributed by atoms with Crippen LogP contribution in [0.15, 0.2) is 18.2 Å². The van der Waals surface area contributed by atoms with Crippen molar-refractivity contribution >= 4 is 23.3 Å². The highest BCUT2D eigenvalue weighted by Gasteiger charge is 2.20. The zero-order chi connectivity index (χ0) is 19.4. The molecule has 0 aliphatic heterocycles. The predicted molar refractivity (Wildman–Crippen MR) is 104 cm³/mol. The SMILES string of the molecule is CCCCCCCCOCC(=O)N(C)c1cc(N)ccc1C(=O)OCC. The number of hydrogen-bond donors (Lipinski definition) is 1. The van der Waals surface area contributed by atoms with E-state index >= 15 is 0 Å². The summed E-state index contributed by atoms with van der Waals surface area (Å²) in [6.45, 7) is 4.73. The van der Waals surface area contributed by atoms with Crippen molar-refractivity contribution in [2.45, 2.75) is 52.4 Å². The summed E-state index contributed by atoms with van der Waals surface area (Å²) in [5.74, 6) is -0.706. The standard InChI is InChI=1S/C20H32N2O4/c1-4-6-7-8-9-10-13-25-15-19(23)22(3)18-14-16(21)11-12-17(18)20(24)26-5-2/h11-12,14H,4-10,13,15,21H2,1-3H3. The van der Waals surface area contributed by atoms with E-state index in [0.29, 0.717) is 23.5 Å². The van der Waals surface area contributed by atoms with Crippen LogP contribution in [-0.2, 0) is 14.3 Å². The van der Waals surface area contributed by atoms with Crippen molar-refractivity contribution in [3.63, 3.8) is 0 Å². The minimum Gasteiger partial charge on any atom is -0.462 e. The Labute approximate surface area is 156 Å². The maximum atomic E-state index is 12.4. The summed E-state index contributed by atoms with van der Waals surface area (Å²) >= 11 is 0. The molecule has 146 valence electrons. The Morgan fingerprint density at radius 1 is 1.08 bits per heavy atom. The van der Waals surface area contributed by atoms with Gasteiger partial charge in [0.2, 0.25) is 0 Å². The highest BCUT2D eigenvalue weighted by atomic mass is 16.5. The molecule has 0 aliphatic carbocycles. The van der Waals surface area contributed by atoms with Crippen LogP contribution in [0, 0.1) is 0 Å². The quantitative estimate of drug-likeness (QED) is 0.347. The van der Waals surface area contributed by atoms with Gasteiger partial charge >= 0.3 is 5.97 Å².